The number of hydrogen-bond donors (Lipinski definition) is 1. The molecule has 2 aromatic rings. The monoisotopic (exact) mass is 541 g/mol. The smallest absolute Gasteiger partial charge is 0.304 e. The number of halogens is 3. The summed E-state index contributed by atoms with van der Waals surface area (Å²) in [6.45, 7) is 2.11. The molecule has 2 saturated heterocycles. The molecule has 1 atom stereocenters. The van der Waals surface area contributed by atoms with Crippen LogP contribution in [0.2, 0.25) is 10.0 Å². The normalized spacial score (nSPS) is 20.9. The van der Waals surface area contributed by atoms with E-state index >= 15 is 4.39 Å². The zero-order valence-corrected chi connectivity index (χ0v) is 21.3. The summed E-state index contributed by atoms with van der Waals surface area (Å²) in [4.78, 5) is 14.8. The van der Waals surface area contributed by atoms with Crippen LogP contribution in [0.5, 0.6) is 5.75 Å². The summed E-state index contributed by atoms with van der Waals surface area (Å²) < 4.78 is 49.0. The molecule has 3 fully saturated rings. The number of rotatable bonds is 7. The van der Waals surface area contributed by atoms with Crippen molar-refractivity contribution in [1.29, 1.82) is 0 Å². The van der Waals surface area contributed by atoms with Gasteiger partial charge in [-0.25, -0.2) is 9.11 Å². The highest BCUT2D eigenvalue weighted by atomic mass is 35.5. The first-order valence-electron chi connectivity index (χ1n) is 11.7. The maximum Gasteiger partial charge on any atom is 0.304 e. The van der Waals surface area contributed by atoms with Gasteiger partial charge in [-0.15, -0.1) is 0 Å². The van der Waals surface area contributed by atoms with Crippen molar-refractivity contribution in [3.05, 3.63) is 57.3 Å². The van der Waals surface area contributed by atoms with E-state index < -0.39 is 21.9 Å². The number of ether oxygens (including phenoxy) is 1. The van der Waals surface area contributed by atoms with E-state index in [1.807, 2.05) is 16.9 Å². The number of nitrogens with one attached hydrogen (secondary N) is 1. The number of nitrogens with zero attached hydrogens (tertiary/aromatic N) is 2. The molecule has 1 saturated carbocycles. The highest BCUT2D eigenvalue weighted by molar-refractivity contribution is 7.87. The predicted octanol–water partition coefficient (Wildman–Crippen LogP) is 4.74. The maximum atomic E-state index is 15.0. The lowest BCUT2D eigenvalue weighted by Gasteiger charge is -2.35. The Kier molecular flexibility index (Phi) is 6.87. The number of anilines is 1. The zero-order chi connectivity index (χ0) is 24.7. The van der Waals surface area contributed by atoms with Gasteiger partial charge in [-0.2, -0.15) is 12.7 Å². The lowest BCUT2D eigenvalue weighted by atomic mass is 10.0. The molecular weight excluding hydrogens is 516 g/mol. The SMILES string of the molecule is O=C(NS(=O)(=O)N1CCC1)c1cc(C2CC2)c(OC2CCCN(c3cc(Cl)cc(Cl)c3)C2)cc1F. The standard InChI is InChI=1S/C24H26Cl2FN3O4S/c25-16-9-17(26)11-18(10-16)29-6-1-3-19(14-29)34-23-13-22(27)21(12-20(23)15-4-5-15)24(31)28-35(32,33)30-7-2-8-30/h9-13,15,19H,1-8,14H2,(H,28,31). The average molecular weight is 542 g/mol. The van der Waals surface area contributed by atoms with Crippen LogP contribution in [-0.4, -0.2) is 50.9 Å². The molecule has 3 aliphatic rings. The van der Waals surface area contributed by atoms with Crippen molar-refractivity contribution in [3.8, 4) is 5.75 Å². The van der Waals surface area contributed by atoms with Crippen LogP contribution in [0.4, 0.5) is 10.1 Å². The molecule has 2 heterocycles. The molecule has 2 aliphatic heterocycles. The first-order chi connectivity index (χ1) is 16.7. The number of piperidine rings is 1. The van der Waals surface area contributed by atoms with E-state index in [1.165, 1.54) is 12.1 Å². The number of carbonyl (C=O) groups excluding carboxylic acids is 1. The molecule has 35 heavy (non-hydrogen) atoms. The molecule has 2 aromatic carbocycles. The second kappa shape index (κ2) is 9.76. The van der Waals surface area contributed by atoms with Gasteiger partial charge >= 0.3 is 10.2 Å². The van der Waals surface area contributed by atoms with Crippen LogP contribution < -0.4 is 14.4 Å². The summed E-state index contributed by atoms with van der Waals surface area (Å²) in [6.07, 6.45) is 4.05. The lowest BCUT2D eigenvalue weighted by molar-refractivity contribution is 0.0973. The second-order valence-corrected chi connectivity index (χ2v) is 11.8. The Balaban J connectivity index is 1.34. The minimum Gasteiger partial charge on any atom is -0.488 e. The fourth-order valence-corrected chi connectivity index (χ4v) is 6.22. The van der Waals surface area contributed by atoms with Crippen LogP contribution in [-0.2, 0) is 10.2 Å². The van der Waals surface area contributed by atoms with Gasteiger partial charge in [0.15, 0.2) is 0 Å². The molecule has 0 bridgehead atoms. The Morgan fingerprint density at radius 3 is 2.34 bits per heavy atom. The van der Waals surface area contributed by atoms with Crippen LogP contribution in [0.1, 0.15) is 53.9 Å². The Morgan fingerprint density at radius 1 is 1.00 bits per heavy atom. The maximum absolute atomic E-state index is 15.0. The summed E-state index contributed by atoms with van der Waals surface area (Å²) in [6, 6.07) is 8.05. The van der Waals surface area contributed by atoms with Gasteiger partial charge in [0.25, 0.3) is 5.91 Å². The number of hydrogen-bond acceptors (Lipinski definition) is 5. The molecule has 188 valence electrons. The first kappa shape index (κ1) is 24.6. The van der Waals surface area contributed by atoms with E-state index in [4.69, 9.17) is 27.9 Å². The van der Waals surface area contributed by atoms with E-state index in [-0.39, 0.29) is 17.6 Å². The fourth-order valence-electron chi connectivity index (χ4n) is 4.50. The van der Waals surface area contributed by atoms with Gasteiger partial charge in [0.2, 0.25) is 0 Å². The number of carbonyl (C=O) groups is 1. The molecule has 1 amide bonds. The Labute approximate surface area is 214 Å². The van der Waals surface area contributed by atoms with Crippen molar-refractivity contribution >= 4 is 45.0 Å². The number of benzene rings is 2. The Bertz CT molecular complexity index is 1230. The highest BCUT2D eigenvalue weighted by Crippen LogP contribution is 2.45. The lowest BCUT2D eigenvalue weighted by Crippen LogP contribution is -2.49. The average Bonchev–Trinajstić information content (AvgIpc) is 3.56. The quantitative estimate of drug-likeness (QED) is 0.547. The molecular formula is C24H26Cl2FN3O4S. The molecule has 0 aromatic heterocycles. The van der Waals surface area contributed by atoms with Crippen LogP contribution in [0.25, 0.3) is 0 Å². The van der Waals surface area contributed by atoms with Gasteiger partial charge in [-0.05, 0) is 67.9 Å². The van der Waals surface area contributed by atoms with Gasteiger partial charge in [-0.3, -0.25) is 4.79 Å². The van der Waals surface area contributed by atoms with Crippen molar-refractivity contribution in [3.63, 3.8) is 0 Å². The summed E-state index contributed by atoms with van der Waals surface area (Å²) in [7, 11) is -3.97. The van der Waals surface area contributed by atoms with Crippen molar-refractivity contribution in [2.45, 2.75) is 44.1 Å². The molecule has 0 spiro atoms. The van der Waals surface area contributed by atoms with E-state index in [0.29, 0.717) is 35.4 Å². The van der Waals surface area contributed by atoms with E-state index in [0.717, 1.165) is 54.2 Å². The minimum atomic E-state index is -3.97. The van der Waals surface area contributed by atoms with Gasteiger partial charge in [-0.1, -0.05) is 23.2 Å². The molecule has 1 N–H and O–H groups in total. The molecule has 7 nitrogen and oxygen atoms in total. The van der Waals surface area contributed by atoms with Crippen molar-refractivity contribution in [1.82, 2.24) is 9.03 Å². The molecule has 5 rings (SSSR count). The van der Waals surface area contributed by atoms with Gasteiger partial charge in [0.1, 0.15) is 17.7 Å². The van der Waals surface area contributed by atoms with Crippen molar-refractivity contribution in [2.24, 2.45) is 0 Å². The van der Waals surface area contributed by atoms with Gasteiger partial charge < -0.3 is 9.64 Å². The van der Waals surface area contributed by atoms with E-state index in [1.54, 1.807) is 6.07 Å². The highest BCUT2D eigenvalue weighted by Gasteiger charge is 2.33. The predicted molar refractivity (Wildman–Crippen MR) is 133 cm³/mol. The molecule has 1 unspecified atom stereocenters. The van der Waals surface area contributed by atoms with Crippen molar-refractivity contribution < 1.29 is 22.3 Å². The van der Waals surface area contributed by atoms with Crippen LogP contribution in [0, 0.1) is 5.82 Å². The second-order valence-electron chi connectivity index (χ2n) is 9.29. The van der Waals surface area contributed by atoms with Crippen molar-refractivity contribution in [2.75, 3.05) is 31.1 Å². The summed E-state index contributed by atoms with van der Waals surface area (Å²) >= 11 is 12.3. The summed E-state index contributed by atoms with van der Waals surface area (Å²) in [5.74, 6) is -1.21. The molecule has 0 radical (unpaired) electrons. The summed E-state index contributed by atoms with van der Waals surface area (Å²) in [5.41, 5.74) is 1.35. The third kappa shape index (κ3) is 5.53. The van der Waals surface area contributed by atoms with E-state index in [2.05, 4.69) is 4.90 Å². The summed E-state index contributed by atoms with van der Waals surface area (Å²) in [5, 5.41) is 1.11. The van der Waals surface area contributed by atoms with Crippen LogP contribution >= 0.6 is 23.2 Å². The Morgan fingerprint density at radius 2 is 1.71 bits per heavy atom. The molecule has 1 aliphatic carbocycles. The largest absolute Gasteiger partial charge is 0.488 e. The van der Waals surface area contributed by atoms with Crippen LogP contribution in [0.15, 0.2) is 30.3 Å². The third-order valence-corrected chi connectivity index (χ3v) is 8.55. The topological polar surface area (TPSA) is 79.0 Å². The van der Waals surface area contributed by atoms with Crippen LogP contribution in [0.3, 0.4) is 0 Å². The third-order valence-electron chi connectivity index (χ3n) is 6.62. The van der Waals surface area contributed by atoms with E-state index in [9.17, 15) is 13.2 Å². The van der Waals surface area contributed by atoms with Gasteiger partial charge in [0, 0.05) is 41.4 Å². The Hall–Kier alpha value is -2.07. The zero-order valence-electron chi connectivity index (χ0n) is 19.0. The minimum absolute atomic E-state index is 0.163. The first-order valence-corrected chi connectivity index (χ1v) is 13.9. The fraction of sp³-hybridized carbons (Fsp3) is 0.458. The molecule has 11 heteroatoms. The number of amides is 1. The van der Waals surface area contributed by atoms with Gasteiger partial charge in [0.05, 0.1) is 12.1 Å².